The Kier molecular flexibility index (Phi) is 5.14. The molecule has 0 heterocycles. The van der Waals surface area contributed by atoms with Gasteiger partial charge >= 0.3 is 0 Å². The van der Waals surface area contributed by atoms with E-state index < -0.39 is 4.92 Å². The predicted molar refractivity (Wildman–Crippen MR) is 78.2 cm³/mol. The molecule has 2 atom stereocenters. The summed E-state index contributed by atoms with van der Waals surface area (Å²) in [5.41, 5.74) is -0.0474. The van der Waals surface area contributed by atoms with Crippen molar-refractivity contribution in [2.24, 2.45) is 5.92 Å². The number of nitrogens with zero attached hydrogens (tertiary/aromatic N) is 1. The summed E-state index contributed by atoms with van der Waals surface area (Å²) in [6.45, 7) is 2.02. The highest BCUT2D eigenvalue weighted by Gasteiger charge is 2.22. The third kappa shape index (κ3) is 4.44. The Labute approximate surface area is 123 Å². The maximum absolute atomic E-state index is 11.9. The van der Waals surface area contributed by atoms with Gasteiger partial charge in [-0.15, -0.1) is 0 Å². The van der Waals surface area contributed by atoms with E-state index in [1.165, 1.54) is 24.6 Å². The molecule has 1 N–H and O–H groups in total. The van der Waals surface area contributed by atoms with Crippen molar-refractivity contribution in [1.29, 1.82) is 0 Å². The quantitative estimate of drug-likeness (QED) is 0.668. The van der Waals surface area contributed by atoms with Crippen molar-refractivity contribution in [2.45, 2.75) is 38.6 Å². The standard InChI is InChI=1S/C15H20N2O4/c1-11-5-2-3-8-14(11)16-15(18)10-21-13-7-4-6-12(9-13)17(19)20/h4,6-7,9,11,14H,2-3,5,8,10H2,1H3,(H,16,18)/t11-,14-/m1/s1. The molecule has 0 aromatic heterocycles. The Morgan fingerprint density at radius 1 is 1.43 bits per heavy atom. The molecule has 1 fully saturated rings. The molecule has 1 aromatic carbocycles. The van der Waals surface area contributed by atoms with Gasteiger partial charge in [0.1, 0.15) is 5.75 Å². The van der Waals surface area contributed by atoms with Crippen LogP contribution in [0.5, 0.6) is 5.75 Å². The number of benzene rings is 1. The number of rotatable bonds is 5. The van der Waals surface area contributed by atoms with Crippen molar-refractivity contribution < 1.29 is 14.5 Å². The molecule has 0 radical (unpaired) electrons. The molecule has 6 nitrogen and oxygen atoms in total. The van der Waals surface area contributed by atoms with Crippen LogP contribution >= 0.6 is 0 Å². The van der Waals surface area contributed by atoms with Crippen LogP contribution in [0.3, 0.4) is 0 Å². The molecular formula is C15H20N2O4. The summed E-state index contributed by atoms with van der Waals surface area (Å²) >= 11 is 0. The van der Waals surface area contributed by atoms with E-state index in [2.05, 4.69) is 12.2 Å². The third-order valence-corrected chi connectivity index (χ3v) is 3.86. The van der Waals surface area contributed by atoms with E-state index in [1.54, 1.807) is 6.07 Å². The lowest BCUT2D eigenvalue weighted by Crippen LogP contribution is -2.43. The molecule has 114 valence electrons. The van der Waals surface area contributed by atoms with Gasteiger partial charge in [-0.1, -0.05) is 25.8 Å². The van der Waals surface area contributed by atoms with Crippen molar-refractivity contribution in [3.63, 3.8) is 0 Å². The largest absolute Gasteiger partial charge is 0.484 e. The number of carbonyl (C=O) groups is 1. The monoisotopic (exact) mass is 292 g/mol. The molecule has 0 spiro atoms. The van der Waals surface area contributed by atoms with Gasteiger partial charge in [0.05, 0.1) is 11.0 Å². The lowest BCUT2D eigenvalue weighted by Gasteiger charge is -2.29. The molecule has 1 saturated carbocycles. The zero-order chi connectivity index (χ0) is 15.2. The van der Waals surface area contributed by atoms with E-state index in [0.717, 1.165) is 19.3 Å². The van der Waals surface area contributed by atoms with Gasteiger partial charge in [0.15, 0.2) is 6.61 Å². The molecule has 1 amide bonds. The Morgan fingerprint density at radius 2 is 2.19 bits per heavy atom. The minimum absolute atomic E-state index is 0.0474. The van der Waals surface area contributed by atoms with E-state index in [0.29, 0.717) is 11.7 Å². The highest BCUT2D eigenvalue weighted by molar-refractivity contribution is 5.77. The molecule has 2 rings (SSSR count). The van der Waals surface area contributed by atoms with E-state index in [1.807, 2.05) is 0 Å². The summed E-state index contributed by atoms with van der Waals surface area (Å²) in [5.74, 6) is 0.636. The molecule has 1 aliphatic carbocycles. The maximum atomic E-state index is 11.9. The van der Waals surface area contributed by atoms with Crippen molar-refractivity contribution in [3.05, 3.63) is 34.4 Å². The molecule has 21 heavy (non-hydrogen) atoms. The summed E-state index contributed by atoms with van der Waals surface area (Å²) in [4.78, 5) is 22.1. The molecule has 6 heteroatoms. The van der Waals surface area contributed by atoms with E-state index >= 15 is 0 Å². The minimum atomic E-state index is -0.489. The van der Waals surface area contributed by atoms with Crippen LogP contribution in [-0.4, -0.2) is 23.5 Å². The highest BCUT2D eigenvalue weighted by Crippen LogP contribution is 2.23. The van der Waals surface area contributed by atoms with E-state index in [4.69, 9.17) is 4.74 Å². The first-order chi connectivity index (χ1) is 10.1. The number of nitro benzene ring substituents is 1. The van der Waals surface area contributed by atoms with Crippen LogP contribution in [0.25, 0.3) is 0 Å². The normalized spacial score (nSPS) is 21.6. The number of nitrogens with one attached hydrogen (secondary N) is 1. The molecule has 1 aliphatic rings. The fourth-order valence-corrected chi connectivity index (χ4v) is 2.61. The van der Waals surface area contributed by atoms with E-state index in [9.17, 15) is 14.9 Å². The first-order valence-electron chi connectivity index (χ1n) is 7.23. The molecule has 0 saturated heterocycles. The van der Waals surface area contributed by atoms with Gasteiger partial charge in [0.25, 0.3) is 11.6 Å². The first kappa shape index (κ1) is 15.3. The fraction of sp³-hybridized carbons (Fsp3) is 0.533. The van der Waals surface area contributed by atoms with Gasteiger partial charge in [-0.25, -0.2) is 0 Å². The van der Waals surface area contributed by atoms with Crippen LogP contribution < -0.4 is 10.1 Å². The second-order valence-electron chi connectivity index (χ2n) is 5.48. The van der Waals surface area contributed by atoms with Crippen LogP contribution in [-0.2, 0) is 4.79 Å². The minimum Gasteiger partial charge on any atom is -0.484 e. The summed E-state index contributed by atoms with van der Waals surface area (Å²) in [6.07, 6.45) is 4.50. The number of nitro groups is 1. The van der Waals surface area contributed by atoms with Gasteiger partial charge in [-0.3, -0.25) is 14.9 Å². The fourth-order valence-electron chi connectivity index (χ4n) is 2.61. The summed E-state index contributed by atoms with van der Waals surface area (Å²) in [7, 11) is 0. The second kappa shape index (κ2) is 7.06. The lowest BCUT2D eigenvalue weighted by atomic mass is 9.86. The number of carbonyl (C=O) groups excluding carboxylic acids is 1. The van der Waals surface area contributed by atoms with Gasteiger partial charge in [0.2, 0.25) is 0 Å². The number of non-ortho nitro benzene ring substituents is 1. The average molecular weight is 292 g/mol. The third-order valence-electron chi connectivity index (χ3n) is 3.86. The Bertz CT molecular complexity index is 518. The highest BCUT2D eigenvalue weighted by atomic mass is 16.6. The van der Waals surface area contributed by atoms with Crippen molar-refractivity contribution in [3.8, 4) is 5.75 Å². The lowest BCUT2D eigenvalue weighted by molar-refractivity contribution is -0.384. The number of ether oxygens (including phenoxy) is 1. The zero-order valence-electron chi connectivity index (χ0n) is 12.1. The van der Waals surface area contributed by atoms with Crippen molar-refractivity contribution in [2.75, 3.05) is 6.61 Å². The molecular weight excluding hydrogens is 272 g/mol. The first-order valence-corrected chi connectivity index (χ1v) is 7.23. The number of amides is 1. The van der Waals surface area contributed by atoms with Gasteiger partial charge < -0.3 is 10.1 Å². The summed E-state index contributed by atoms with van der Waals surface area (Å²) in [5, 5.41) is 13.6. The van der Waals surface area contributed by atoms with Crippen LogP contribution in [0.1, 0.15) is 32.6 Å². The van der Waals surface area contributed by atoms with Crippen LogP contribution in [0, 0.1) is 16.0 Å². The average Bonchev–Trinajstić information content (AvgIpc) is 2.48. The van der Waals surface area contributed by atoms with Gasteiger partial charge in [-0.2, -0.15) is 0 Å². The predicted octanol–water partition coefficient (Wildman–Crippen LogP) is 2.67. The van der Waals surface area contributed by atoms with Gasteiger partial charge in [-0.05, 0) is 24.8 Å². The Balaban J connectivity index is 1.83. The molecule has 0 unspecified atom stereocenters. The van der Waals surface area contributed by atoms with Crippen molar-refractivity contribution in [1.82, 2.24) is 5.32 Å². The maximum Gasteiger partial charge on any atom is 0.273 e. The Morgan fingerprint density at radius 3 is 2.90 bits per heavy atom. The van der Waals surface area contributed by atoms with Gasteiger partial charge in [0, 0.05) is 12.1 Å². The number of hydrogen-bond acceptors (Lipinski definition) is 4. The molecule has 1 aromatic rings. The SMILES string of the molecule is C[C@@H]1CCCC[C@H]1NC(=O)COc1cccc([N+](=O)[O-])c1. The van der Waals surface area contributed by atoms with Crippen LogP contribution in [0.2, 0.25) is 0 Å². The van der Waals surface area contributed by atoms with Crippen LogP contribution in [0.15, 0.2) is 24.3 Å². The van der Waals surface area contributed by atoms with Crippen molar-refractivity contribution >= 4 is 11.6 Å². The summed E-state index contributed by atoms with van der Waals surface area (Å²) in [6, 6.07) is 6.05. The molecule has 0 aliphatic heterocycles. The topological polar surface area (TPSA) is 81.5 Å². The summed E-state index contributed by atoms with van der Waals surface area (Å²) < 4.78 is 5.32. The smallest absolute Gasteiger partial charge is 0.273 e. The van der Waals surface area contributed by atoms with E-state index in [-0.39, 0.29) is 24.2 Å². The Hall–Kier alpha value is -2.11. The number of hydrogen-bond donors (Lipinski definition) is 1. The molecule has 0 bridgehead atoms. The van der Waals surface area contributed by atoms with Crippen LogP contribution in [0.4, 0.5) is 5.69 Å². The zero-order valence-corrected chi connectivity index (χ0v) is 12.1. The second-order valence-corrected chi connectivity index (χ2v) is 5.48.